The predicted octanol–water partition coefficient (Wildman–Crippen LogP) is 3.92. The number of nitrogens with zero attached hydrogens (tertiary/aromatic N) is 2. The number of carbonyl (C=O) groups excluding carboxylic acids is 1. The molecule has 3 rings (SSSR count). The van der Waals surface area contributed by atoms with Crippen LogP contribution in [0.1, 0.15) is 18.4 Å². The van der Waals surface area contributed by atoms with Crippen LogP contribution in [0.2, 0.25) is 0 Å². The summed E-state index contributed by atoms with van der Waals surface area (Å²) in [6.45, 7) is 0.725. The average Bonchev–Trinajstić information content (AvgIpc) is 2.67. The highest BCUT2D eigenvalue weighted by atomic mass is 32.2. The molecule has 1 aromatic carbocycles. The zero-order valence-corrected chi connectivity index (χ0v) is 15.2. The Balaban J connectivity index is 1.74. The van der Waals surface area contributed by atoms with Gasteiger partial charge in [-0.25, -0.2) is 4.98 Å². The molecule has 9 heteroatoms. The molecule has 1 fully saturated rings. The highest BCUT2D eigenvalue weighted by Gasteiger charge is 2.36. The van der Waals surface area contributed by atoms with Gasteiger partial charge in [-0.15, -0.1) is 0 Å². The van der Waals surface area contributed by atoms with Gasteiger partial charge in [0.25, 0.3) is 0 Å². The van der Waals surface area contributed by atoms with E-state index in [0.717, 1.165) is 18.0 Å². The number of aromatic nitrogens is 1. The van der Waals surface area contributed by atoms with Crippen LogP contribution >= 0.6 is 11.9 Å². The van der Waals surface area contributed by atoms with Gasteiger partial charge in [0.05, 0.1) is 11.5 Å². The maximum absolute atomic E-state index is 13.3. The molecule has 1 aliphatic rings. The second-order valence-corrected chi connectivity index (χ2v) is 6.94. The van der Waals surface area contributed by atoms with Gasteiger partial charge in [-0.3, -0.25) is 9.93 Å². The second-order valence-electron chi connectivity index (χ2n) is 6.29. The Labute approximate surface area is 159 Å². The van der Waals surface area contributed by atoms with E-state index in [2.05, 4.69) is 10.3 Å². The Bertz CT molecular complexity index is 815. The number of benzene rings is 1. The van der Waals surface area contributed by atoms with Gasteiger partial charge in [0, 0.05) is 30.7 Å². The third-order valence-electron chi connectivity index (χ3n) is 4.47. The van der Waals surface area contributed by atoms with E-state index in [4.69, 9.17) is 5.14 Å². The summed E-state index contributed by atoms with van der Waals surface area (Å²) in [6.07, 6.45) is -1.62. The molecule has 2 aromatic rings. The number of amides is 1. The van der Waals surface area contributed by atoms with Crippen molar-refractivity contribution in [1.82, 2.24) is 4.98 Å². The Morgan fingerprint density at radius 3 is 2.81 bits per heavy atom. The van der Waals surface area contributed by atoms with Crippen LogP contribution in [-0.4, -0.2) is 24.0 Å². The predicted molar refractivity (Wildman–Crippen MR) is 99.3 cm³/mol. The van der Waals surface area contributed by atoms with E-state index in [1.165, 1.54) is 18.3 Å². The number of para-hydroxylation sites is 1. The van der Waals surface area contributed by atoms with E-state index in [1.807, 2.05) is 0 Å². The van der Waals surface area contributed by atoms with Crippen LogP contribution < -0.4 is 15.4 Å². The largest absolute Gasteiger partial charge is 0.418 e. The van der Waals surface area contributed by atoms with Gasteiger partial charge in [-0.2, -0.15) is 13.2 Å². The Morgan fingerprint density at radius 2 is 2.07 bits per heavy atom. The molecule has 3 N–H and O–H groups in total. The summed E-state index contributed by atoms with van der Waals surface area (Å²) in [6, 6.07) is 8.78. The SMILES string of the molecule is NSc1cc(NC(=O)C2CCCN(c3ccccc3C(F)(F)F)C2)ccn1. The second kappa shape index (κ2) is 8.18. The molecule has 0 spiro atoms. The van der Waals surface area contributed by atoms with Crippen LogP contribution in [0.15, 0.2) is 47.6 Å². The molecule has 2 heterocycles. The van der Waals surface area contributed by atoms with E-state index in [9.17, 15) is 18.0 Å². The molecule has 0 saturated carbocycles. The van der Waals surface area contributed by atoms with E-state index >= 15 is 0 Å². The zero-order valence-electron chi connectivity index (χ0n) is 14.4. The van der Waals surface area contributed by atoms with Crippen LogP contribution in [0, 0.1) is 5.92 Å². The quantitative estimate of drug-likeness (QED) is 0.767. The Kier molecular flexibility index (Phi) is 5.91. The van der Waals surface area contributed by atoms with Gasteiger partial charge in [0.15, 0.2) is 0 Å². The van der Waals surface area contributed by atoms with E-state index in [-0.39, 0.29) is 18.1 Å². The van der Waals surface area contributed by atoms with Gasteiger partial charge >= 0.3 is 6.18 Å². The lowest BCUT2D eigenvalue weighted by molar-refractivity contribution is -0.137. The maximum Gasteiger partial charge on any atom is 0.418 e. The molecule has 1 atom stereocenters. The third-order valence-corrected chi connectivity index (χ3v) is 4.93. The first kappa shape index (κ1) is 19.5. The molecule has 1 amide bonds. The number of halogens is 3. The molecular formula is C18H19F3N4OS. The topological polar surface area (TPSA) is 71.2 Å². The summed E-state index contributed by atoms with van der Waals surface area (Å²) in [5, 5.41) is 8.84. The smallest absolute Gasteiger partial charge is 0.370 e. The number of alkyl halides is 3. The number of hydrogen-bond acceptors (Lipinski definition) is 5. The van der Waals surface area contributed by atoms with E-state index < -0.39 is 17.7 Å². The maximum atomic E-state index is 13.3. The third kappa shape index (κ3) is 4.72. The van der Waals surface area contributed by atoms with Gasteiger partial charge < -0.3 is 10.2 Å². The summed E-state index contributed by atoms with van der Waals surface area (Å²) in [5.41, 5.74) is 0.00815. The summed E-state index contributed by atoms with van der Waals surface area (Å²) in [5.74, 6) is -0.620. The van der Waals surface area contributed by atoms with Crippen molar-refractivity contribution in [2.75, 3.05) is 23.3 Å². The van der Waals surface area contributed by atoms with E-state index in [0.29, 0.717) is 30.1 Å². The number of rotatable bonds is 4. The first-order valence-electron chi connectivity index (χ1n) is 8.43. The van der Waals surface area contributed by atoms with Gasteiger partial charge in [-0.05, 0) is 49.1 Å². The molecule has 0 radical (unpaired) electrons. The molecule has 1 unspecified atom stereocenters. The van der Waals surface area contributed by atoms with Crippen molar-refractivity contribution in [3.8, 4) is 0 Å². The fraction of sp³-hybridized carbons (Fsp3) is 0.333. The fourth-order valence-corrected chi connectivity index (χ4v) is 3.51. The number of carbonyl (C=O) groups is 1. The molecule has 144 valence electrons. The van der Waals surface area contributed by atoms with Gasteiger partial charge in [-0.1, -0.05) is 12.1 Å². The average molecular weight is 396 g/mol. The minimum atomic E-state index is -4.43. The summed E-state index contributed by atoms with van der Waals surface area (Å²) in [7, 11) is 0. The van der Waals surface area contributed by atoms with Crippen molar-refractivity contribution in [2.45, 2.75) is 24.0 Å². The zero-order chi connectivity index (χ0) is 19.4. The molecule has 0 bridgehead atoms. The van der Waals surface area contributed by atoms with Crippen LogP contribution in [-0.2, 0) is 11.0 Å². The Hall–Kier alpha value is -2.26. The van der Waals surface area contributed by atoms with Crippen molar-refractivity contribution in [3.05, 3.63) is 48.2 Å². The number of nitrogens with two attached hydrogens (primary N) is 1. The van der Waals surface area contributed by atoms with Crippen molar-refractivity contribution in [3.63, 3.8) is 0 Å². The molecule has 1 saturated heterocycles. The minimum Gasteiger partial charge on any atom is -0.370 e. The monoisotopic (exact) mass is 396 g/mol. The van der Waals surface area contributed by atoms with Crippen LogP contribution in [0.4, 0.5) is 24.5 Å². The summed E-state index contributed by atoms with van der Waals surface area (Å²) < 4.78 is 39.9. The fourth-order valence-electron chi connectivity index (χ4n) is 3.20. The molecule has 1 aliphatic heterocycles. The van der Waals surface area contributed by atoms with Crippen molar-refractivity contribution in [1.29, 1.82) is 0 Å². The lowest BCUT2D eigenvalue weighted by Crippen LogP contribution is -2.41. The van der Waals surface area contributed by atoms with E-state index in [1.54, 1.807) is 23.1 Å². The molecular weight excluding hydrogens is 377 g/mol. The molecule has 1 aromatic heterocycles. The first-order valence-corrected chi connectivity index (χ1v) is 9.31. The highest BCUT2D eigenvalue weighted by Crippen LogP contribution is 2.37. The molecule has 5 nitrogen and oxygen atoms in total. The van der Waals surface area contributed by atoms with Crippen molar-refractivity contribution >= 4 is 29.2 Å². The van der Waals surface area contributed by atoms with Crippen molar-refractivity contribution < 1.29 is 18.0 Å². The Morgan fingerprint density at radius 1 is 1.30 bits per heavy atom. The number of pyridine rings is 1. The number of nitrogens with one attached hydrogen (secondary N) is 1. The summed E-state index contributed by atoms with van der Waals surface area (Å²) >= 11 is 0.970. The number of piperidine rings is 1. The molecule has 0 aliphatic carbocycles. The highest BCUT2D eigenvalue weighted by molar-refractivity contribution is 7.97. The molecule has 27 heavy (non-hydrogen) atoms. The summed E-state index contributed by atoms with van der Waals surface area (Å²) in [4.78, 5) is 18.3. The van der Waals surface area contributed by atoms with Gasteiger partial charge in [0.1, 0.15) is 5.03 Å². The lowest BCUT2D eigenvalue weighted by Gasteiger charge is -2.35. The van der Waals surface area contributed by atoms with Crippen molar-refractivity contribution in [2.24, 2.45) is 11.1 Å². The first-order chi connectivity index (χ1) is 12.9. The minimum absolute atomic E-state index is 0.119. The number of hydrogen-bond donors (Lipinski definition) is 2. The lowest BCUT2D eigenvalue weighted by atomic mass is 9.95. The number of anilines is 2. The van der Waals surface area contributed by atoms with Crippen LogP contribution in [0.3, 0.4) is 0 Å². The van der Waals surface area contributed by atoms with Gasteiger partial charge in [0.2, 0.25) is 5.91 Å². The van der Waals surface area contributed by atoms with Crippen LogP contribution in [0.5, 0.6) is 0 Å². The normalized spacial score (nSPS) is 17.6. The van der Waals surface area contributed by atoms with Crippen LogP contribution in [0.25, 0.3) is 0 Å². The standard InChI is InChI=1S/C18H19F3N4OS/c19-18(20,21)14-5-1-2-6-15(14)25-9-3-4-12(11-25)17(26)24-13-7-8-23-16(10-13)27-22/h1-2,5-8,10,12H,3-4,9,11,22H2,(H,23,24,26).